The molecular formula is C45H35N. The van der Waals surface area contributed by atoms with Gasteiger partial charge in [-0.3, -0.25) is 0 Å². The molecule has 1 aromatic heterocycles. The van der Waals surface area contributed by atoms with Crippen LogP contribution >= 0.6 is 0 Å². The van der Waals surface area contributed by atoms with Gasteiger partial charge in [0.2, 0.25) is 0 Å². The molecule has 8 rings (SSSR count). The van der Waals surface area contributed by atoms with Gasteiger partial charge in [0.15, 0.2) is 0 Å². The van der Waals surface area contributed by atoms with Gasteiger partial charge in [0.25, 0.3) is 0 Å². The van der Waals surface area contributed by atoms with E-state index in [4.69, 9.17) is 0 Å². The fourth-order valence-corrected chi connectivity index (χ4v) is 7.06. The minimum absolute atomic E-state index is 1.16. The van der Waals surface area contributed by atoms with Crippen molar-refractivity contribution < 1.29 is 0 Å². The van der Waals surface area contributed by atoms with Crippen LogP contribution in [0.5, 0.6) is 0 Å². The Labute approximate surface area is 271 Å². The van der Waals surface area contributed by atoms with E-state index in [9.17, 15) is 0 Å². The van der Waals surface area contributed by atoms with E-state index in [-0.39, 0.29) is 0 Å². The molecule has 8 aromatic rings. The molecule has 0 atom stereocenters. The number of rotatable bonds is 5. The molecule has 0 fully saturated rings. The van der Waals surface area contributed by atoms with E-state index in [1.54, 1.807) is 0 Å². The summed E-state index contributed by atoms with van der Waals surface area (Å²) >= 11 is 0. The Kier molecular flexibility index (Phi) is 6.88. The highest BCUT2D eigenvalue weighted by molar-refractivity contribution is 6.12. The largest absolute Gasteiger partial charge is 0.309 e. The van der Waals surface area contributed by atoms with E-state index >= 15 is 0 Å². The third-order valence-corrected chi connectivity index (χ3v) is 9.40. The zero-order valence-corrected chi connectivity index (χ0v) is 26.5. The summed E-state index contributed by atoms with van der Waals surface area (Å²) in [6.45, 7) is 6.55. The average molecular weight is 590 g/mol. The second-order valence-corrected chi connectivity index (χ2v) is 12.4. The fraction of sp³-hybridized carbons (Fsp3) is 0.0667. The van der Waals surface area contributed by atoms with Crippen molar-refractivity contribution in [2.45, 2.75) is 20.8 Å². The van der Waals surface area contributed by atoms with Crippen molar-refractivity contribution in [3.63, 3.8) is 0 Å². The lowest BCUT2D eigenvalue weighted by Gasteiger charge is -2.15. The molecule has 0 unspecified atom stereocenters. The summed E-state index contributed by atoms with van der Waals surface area (Å²) in [5.41, 5.74) is 17.4. The minimum atomic E-state index is 1.16. The number of fused-ring (bicyclic) bond motifs is 3. The third-order valence-electron chi connectivity index (χ3n) is 9.40. The predicted octanol–water partition coefficient (Wildman–Crippen LogP) is 12.4. The smallest absolute Gasteiger partial charge is 0.0543 e. The first kappa shape index (κ1) is 27.9. The summed E-state index contributed by atoms with van der Waals surface area (Å²) in [7, 11) is 0. The van der Waals surface area contributed by atoms with Gasteiger partial charge in [0, 0.05) is 16.5 Å². The lowest BCUT2D eigenvalue weighted by Crippen LogP contribution is -1.94. The van der Waals surface area contributed by atoms with Crippen LogP contribution in [0.25, 0.3) is 72.0 Å². The molecular weight excluding hydrogens is 555 g/mol. The number of hydrogen-bond acceptors (Lipinski definition) is 0. The Morgan fingerprint density at radius 2 is 0.891 bits per heavy atom. The van der Waals surface area contributed by atoms with E-state index < -0.39 is 0 Å². The molecule has 7 aromatic carbocycles. The van der Waals surface area contributed by atoms with Gasteiger partial charge in [-0.2, -0.15) is 0 Å². The van der Waals surface area contributed by atoms with Crippen LogP contribution < -0.4 is 0 Å². The standard InChI is InChI=1S/C45H35N/c1-30-19-21-33(22-20-30)38-14-6-8-16-40(38)41-17-9-7-15-39(41)34-23-26-36(27-24-34)46-43-28-25-35(37-13-5-4-11-31(37)2)29-42(43)45-32(3)12-10-18-44(45)46/h4-29H,1-3H3. The minimum Gasteiger partial charge on any atom is -0.309 e. The molecule has 0 saturated heterocycles. The second-order valence-electron chi connectivity index (χ2n) is 12.4. The molecule has 1 heterocycles. The number of hydrogen-bond donors (Lipinski definition) is 0. The molecule has 0 radical (unpaired) electrons. The third kappa shape index (κ3) is 4.73. The van der Waals surface area contributed by atoms with Crippen LogP contribution in [0.15, 0.2) is 158 Å². The molecule has 0 N–H and O–H groups in total. The van der Waals surface area contributed by atoms with Gasteiger partial charge in [0.05, 0.1) is 11.0 Å². The first-order chi connectivity index (χ1) is 22.6. The van der Waals surface area contributed by atoms with Gasteiger partial charge in [-0.15, -0.1) is 0 Å². The average Bonchev–Trinajstić information content (AvgIpc) is 3.44. The SMILES string of the molecule is Cc1ccc(-c2ccccc2-c2ccccc2-c2ccc(-n3c4ccc(-c5ccccc5C)cc4c4c(C)cccc43)cc2)cc1. The van der Waals surface area contributed by atoms with E-state index in [0.717, 1.165) is 5.69 Å². The Morgan fingerprint density at radius 3 is 1.52 bits per heavy atom. The van der Waals surface area contributed by atoms with Crippen LogP contribution in [0.2, 0.25) is 0 Å². The second kappa shape index (κ2) is 11.4. The first-order valence-electron chi connectivity index (χ1n) is 16.0. The summed E-state index contributed by atoms with van der Waals surface area (Å²) in [6, 6.07) is 57.7. The number of aryl methyl sites for hydroxylation is 3. The number of benzene rings is 7. The monoisotopic (exact) mass is 589 g/mol. The molecule has 1 nitrogen and oxygen atoms in total. The van der Waals surface area contributed by atoms with Crippen molar-refractivity contribution in [3.05, 3.63) is 174 Å². The van der Waals surface area contributed by atoms with Crippen molar-refractivity contribution in [2.75, 3.05) is 0 Å². The van der Waals surface area contributed by atoms with Gasteiger partial charge >= 0.3 is 0 Å². The Balaban J connectivity index is 1.25. The van der Waals surface area contributed by atoms with E-state index in [1.807, 2.05) is 0 Å². The van der Waals surface area contributed by atoms with Gasteiger partial charge in [0.1, 0.15) is 0 Å². The van der Waals surface area contributed by atoms with Crippen molar-refractivity contribution >= 4 is 21.8 Å². The molecule has 0 aliphatic carbocycles. The lowest BCUT2D eigenvalue weighted by molar-refractivity contribution is 1.18. The Morgan fingerprint density at radius 1 is 0.370 bits per heavy atom. The molecule has 1 heteroatoms. The number of nitrogens with zero attached hydrogens (tertiary/aromatic N) is 1. The van der Waals surface area contributed by atoms with Crippen LogP contribution in [0.1, 0.15) is 16.7 Å². The van der Waals surface area contributed by atoms with Crippen LogP contribution in [0.4, 0.5) is 0 Å². The fourth-order valence-electron chi connectivity index (χ4n) is 7.06. The molecule has 0 aliphatic heterocycles. The molecule has 0 spiro atoms. The van der Waals surface area contributed by atoms with E-state index in [0.29, 0.717) is 0 Å². The predicted molar refractivity (Wildman–Crippen MR) is 197 cm³/mol. The normalized spacial score (nSPS) is 11.4. The summed E-state index contributed by atoms with van der Waals surface area (Å²) in [5, 5.41) is 2.60. The molecule has 0 bridgehead atoms. The van der Waals surface area contributed by atoms with Crippen LogP contribution in [0, 0.1) is 20.8 Å². The van der Waals surface area contributed by atoms with Crippen molar-refractivity contribution in [3.8, 4) is 50.2 Å². The van der Waals surface area contributed by atoms with E-state index in [1.165, 1.54) is 83.0 Å². The molecule has 220 valence electrons. The molecule has 0 aliphatic rings. The molecule has 0 amide bonds. The van der Waals surface area contributed by atoms with Crippen LogP contribution in [0.3, 0.4) is 0 Å². The maximum Gasteiger partial charge on any atom is 0.0543 e. The lowest BCUT2D eigenvalue weighted by atomic mass is 9.89. The maximum atomic E-state index is 2.42. The van der Waals surface area contributed by atoms with Gasteiger partial charge in [-0.05, 0) is 107 Å². The van der Waals surface area contributed by atoms with Crippen molar-refractivity contribution in [2.24, 2.45) is 0 Å². The maximum absolute atomic E-state index is 2.42. The summed E-state index contributed by atoms with van der Waals surface area (Å²) in [5.74, 6) is 0. The summed E-state index contributed by atoms with van der Waals surface area (Å²) in [6.07, 6.45) is 0. The van der Waals surface area contributed by atoms with Crippen LogP contribution in [-0.4, -0.2) is 4.57 Å². The summed E-state index contributed by atoms with van der Waals surface area (Å²) < 4.78 is 2.42. The first-order valence-corrected chi connectivity index (χ1v) is 16.0. The zero-order chi connectivity index (χ0) is 31.2. The van der Waals surface area contributed by atoms with Crippen molar-refractivity contribution in [1.82, 2.24) is 4.57 Å². The topological polar surface area (TPSA) is 4.93 Å². The Bertz CT molecular complexity index is 2370. The highest BCUT2D eigenvalue weighted by Crippen LogP contribution is 2.40. The highest BCUT2D eigenvalue weighted by Gasteiger charge is 2.17. The summed E-state index contributed by atoms with van der Waals surface area (Å²) in [4.78, 5) is 0. The van der Waals surface area contributed by atoms with Crippen LogP contribution in [-0.2, 0) is 0 Å². The quantitative estimate of drug-likeness (QED) is 0.188. The molecule has 46 heavy (non-hydrogen) atoms. The van der Waals surface area contributed by atoms with Gasteiger partial charge in [-0.25, -0.2) is 0 Å². The van der Waals surface area contributed by atoms with Gasteiger partial charge in [-0.1, -0.05) is 133 Å². The number of aromatic nitrogens is 1. The Hall–Kier alpha value is -5.66. The van der Waals surface area contributed by atoms with Gasteiger partial charge < -0.3 is 4.57 Å². The van der Waals surface area contributed by atoms with E-state index in [2.05, 4.69) is 183 Å². The van der Waals surface area contributed by atoms with Crippen molar-refractivity contribution in [1.29, 1.82) is 0 Å². The molecule has 0 saturated carbocycles. The zero-order valence-electron chi connectivity index (χ0n) is 26.5. The highest BCUT2D eigenvalue weighted by atomic mass is 15.0.